The summed E-state index contributed by atoms with van der Waals surface area (Å²) in [7, 11) is 0. The summed E-state index contributed by atoms with van der Waals surface area (Å²) >= 11 is 0. The van der Waals surface area contributed by atoms with Crippen LogP contribution in [-0.4, -0.2) is 0 Å². The van der Waals surface area contributed by atoms with Crippen molar-refractivity contribution in [3.8, 4) is 33.4 Å². The van der Waals surface area contributed by atoms with Crippen molar-refractivity contribution in [3.63, 3.8) is 0 Å². The second-order valence-corrected chi connectivity index (χ2v) is 12.3. The van der Waals surface area contributed by atoms with Gasteiger partial charge in [0, 0.05) is 22.5 Å². The van der Waals surface area contributed by atoms with Gasteiger partial charge in [0.2, 0.25) is 0 Å². The van der Waals surface area contributed by atoms with Crippen LogP contribution < -0.4 is 4.90 Å². The number of hydrogen-bond acceptors (Lipinski definition) is 1. The Morgan fingerprint density at radius 2 is 0.886 bits per heavy atom. The van der Waals surface area contributed by atoms with Crippen molar-refractivity contribution in [2.24, 2.45) is 0 Å². The van der Waals surface area contributed by atoms with Gasteiger partial charge in [-0.05, 0) is 104 Å². The number of rotatable bonds is 5. The Balaban J connectivity index is 1.28. The van der Waals surface area contributed by atoms with E-state index >= 15 is 0 Å². The van der Waals surface area contributed by atoms with E-state index in [4.69, 9.17) is 0 Å². The normalized spacial score (nSPS) is 13.0. The predicted molar refractivity (Wildman–Crippen MR) is 187 cm³/mol. The van der Waals surface area contributed by atoms with Crippen molar-refractivity contribution in [2.75, 3.05) is 4.90 Å². The number of anilines is 3. The molecule has 0 saturated heterocycles. The fraction of sp³-hybridized carbons (Fsp3) is 0.0698. The molecule has 0 amide bonds. The first kappa shape index (κ1) is 26.2. The van der Waals surface area contributed by atoms with Crippen molar-refractivity contribution in [3.05, 3.63) is 175 Å². The van der Waals surface area contributed by atoms with Gasteiger partial charge in [-0.2, -0.15) is 0 Å². The Morgan fingerprint density at radius 1 is 0.364 bits per heavy atom. The topological polar surface area (TPSA) is 3.24 Å². The summed E-state index contributed by atoms with van der Waals surface area (Å²) in [4.78, 5) is 2.40. The van der Waals surface area contributed by atoms with Crippen LogP contribution in [0.1, 0.15) is 25.0 Å². The molecule has 0 unspecified atom stereocenters. The molecule has 0 radical (unpaired) electrons. The summed E-state index contributed by atoms with van der Waals surface area (Å²) < 4.78 is 0. The van der Waals surface area contributed by atoms with Gasteiger partial charge in [0.15, 0.2) is 0 Å². The van der Waals surface area contributed by atoms with Crippen molar-refractivity contribution in [2.45, 2.75) is 19.3 Å². The average Bonchev–Trinajstić information content (AvgIpc) is 3.30. The van der Waals surface area contributed by atoms with Gasteiger partial charge in [0.1, 0.15) is 0 Å². The van der Waals surface area contributed by atoms with E-state index in [1.807, 2.05) is 0 Å². The van der Waals surface area contributed by atoms with E-state index in [0.29, 0.717) is 0 Å². The molecule has 0 aromatic heterocycles. The van der Waals surface area contributed by atoms with Gasteiger partial charge in [-0.3, -0.25) is 0 Å². The number of benzene rings is 7. The molecular formula is C43H33N. The molecule has 1 heteroatoms. The molecule has 0 N–H and O–H groups in total. The van der Waals surface area contributed by atoms with Crippen LogP contribution in [0.5, 0.6) is 0 Å². The quantitative estimate of drug-likeness (QED) is 0.201. The van der Waals surface area contributed by atoms with E-state index in [9.17, 15) is 0 Å². The summed E-state index contributed by atoms with van der Waals surface area (Å²) in [6, 6.07) is 59.6. The Bertz CT molecular complexity index is 2120. The fourth-order valence-corrected chi connectivity index (χ4v) is 6.88. The van der Waals surface area contributed by atoms with Crippen LogP contribution in [0.2, 0.25) is 0 Å². The first-order valence-electron chi connectivity index (χ1n) is 15.4. The standard InChI is InChI=1S/C43H33N/c1-43(2)41-28-35-17-10-9-16-34(35)27-40(41)39-25-24-38(29-42(39)43)44(36-22-20-32(21-23-36)30-12-5-3-6-13-30)37-19-11-18-33(26-37)31-14-7-4-8-15-31/h3-29H,1-2H3. The van der Waals surface area contributed by atoms with Gasteiger partial charge < -0.3 is 4.90 Å². The van der Waals surface area contributed by atoms with Crippen LogP contribution in [0.15, 0.2) is 164 Å². The molecule has 7 aromatic carbocycles. The minimum Gasteiger partial charge on any atom is -0.310 e. The van der Waals surface area contributed by atoms with E-state index in [1.165, 1.54) is 55.3 Å². The molecule has 1 aliphatic carbocycles. The minimum absolute atomic E-state index is 0.112. The summed E-state index contributed by atoms with van der Waals surface area (Å²) in [5.41, 5.74) is 13.6. The minimum atomic E-state index is -0.112. The van der Waals surface area contributed by atoms with Gasteiger partial charge >= 0.3 is 0 Å². The molecule has 1 aliphatic rings. The van der Waals surface area contributed by atoms with Crippen LogP contribution in [0.4, 0.5) is 17.1 Å². The average molecular weight is 564 g/mol. The monoisotopic (exact) mass is 563 g/mol. The highest BCUT2D eigenvalue weighted by Gasteiger charge is 2.36. The highest BCUT2D eigenvalue weighted by atomic mass is 15.1. The lowest BCUT2D eigenvalue weighted by atomic mass is 9.81. The predicted octanol–water partition coefficient (Wildman–Crippen LogP) is 11.9. The molecule has 0 atom stereocenters. The molecule has 0 fully saturated rings. The zero-order valence-electron chi connectivity index (χ0n) is 25.0. The lowest BCUT2D eigenvalue weighted by molar-refractivity contribution is 0.661. The lowest BCUT2D eigenvalue weighted by Crippen LogP contribution is -2.16. The third-order valence-corrected chi connectivity index (χ3v) is 9.23. The van der Waals surface area contributed by atoms with Crippen molar-refractivity contribution < 1.29 is 0 Å². The molecule has 0 saturated carbocycles. The van der Waals surface area contributed by atoms with Crippen LogP contribution in [-0.2, 0) is 5.41 Å². The highest BCUT2D eigenvalue weighted by molar-refractivity contribution is 5.94. The van der Waals surface area contributed by atoms with Crippen LogP contribution >= 0.6 is 0 Å². The van der Waals surface area contributed by atoms with Gasteiger partial charge in [-0.1, -0.05) is 129 Å². The smallest absolute Gasteiger partial charge is 0.0467 e. The van der Waals surface area contributed by atoms with E-state index in [0.717, 1.165) is 17.1 Å². The van der Waals surface area contributed by atoms with Crippen molar-refractivity contribution in [1.29, 1.82) is 0 Å². The maximum Gasteiger partial charge on any atom is 0.0467 e. The fourth-order valence-electron chi connectivity index (χ4n) is 6.88. The summed E-state index contributed by atoms with van der Waals surface area (Å²) in [6.45, 7) is 4.73. The third-order valence-electron chi connectivity index (χ3n) is 9.23. The molecular weight excluding hydrogens is 530 g/mol. The molecule has 8 rings (SSSR count). The lowest BCUT2D eigenvalue weighted by Gasteiger charge is -2.28. The van der Waals surface area contributed by atoms with E-state index in [2.05, 4.69) is 183 Å². The second kappa shape index (κ2) is 10.4. The molecule has 44 heavy (non-hydrogen) atoms. The van der Waals surface area contributed by atoms with E-state index in [-0.39, 0.29) is 5.41 Å². The zero-order valence-corrected chi connectivity index (χ0v) is 25.0. The van der Waals surface area contributed by atoms with E-state index < -0.39 is 0 Å². The van der Waals surface area contributed by atoms with Crippen molar-refractivity contribution in [1.82, 2.24) is 0 Å². The largest absolute Gasteiger partial charge is 0.310 e. The Kier molecular flexibility index (Phi) is 6.20. The number of hydrogen-bond donors (Lipinski definition) is 0. The Morgan fingerprint density at radius 3 is 1.59 bits per heavy atom. The SMILES string of the molecule is CC1(C)c2cc(N(c3ccc(-c4ccccc4)cc3)c3cccc(-c4ccccc4)c3)ccc2-c2cc3ccccc3cc21. The third kappa shape index (κ3) is 4.41. The van der Waals surface area contributed by atoms with Crippen molar-refractivity contribution >= 4 is 27.8 Å². The van der Waals surface area contributed by atoms with Gasteiger partial charge in [-0.15, -0.1) is 0 Å². The van der Waals surface area contributed by atoms with Crippen LogP contribution in [0.3, 0.4) is 0 Å². The molecule has 210 valence electrons. The maximum atomic E-state index is 2.42. The van der Waals surface area contributed by atoms with Crippen LogP contribution in [0.25, 0.3) is 44.2 Å². The highest BCUT2D eigenvalue weighted by Crippen LogP contribution is 2.51. The molecule has 1 nitrogen and oxygen atoms in total. The van der Waals surface area contributed by atoms with Gasteiger partial charge in [0.25, 0.3) is 0 Å². The number of fused-ring (bicyclic) bond motifs is 4. The molecule has 7 aromatic rings. The summed E-state index contributed by atoms with van der Waals surface area (Å²) in [5, 5.41) is 2.59. The van der Waals surface area contributed by atoms with E-state index in [1.54, 1.807) is 0 Å². The second-order valence-electron chi connectivity index (χ2n) is 12.3. The molecule has 0 bridgehead atoms. The van der Waals surface area contributed by atoms with Gasteiger partial charge in [-0.25, -0.2) is 0 Å². The molecule has 0 heterocycles. The van der Waals surface area contributed by atoms with Crippen LogP contribution in [0, 0.1) is 0 Å². The number of nitrogens with zero attached hydrogens (tertiary/aromatic N) is 1. The Hall–Kier alpha value is -5.40. The Labute approximate surface area is 259 Å². The summed E-state index contributed by atoms with van der Waals surface area (Å²) in [5.74, 6) is 0. The molecule has 0 spiro atoms. The van der Waals surface area contributed by atoms with Gasteiger partial charge in [0.05, 0.1) is 0 Å². The molecule has 0 aliphatic heterocycles. The zero-order chi connectivity index (χ0) is 29.7. The summed E-state index contributed by atoms with van der Waals surface area (Å²) in [6.07, 6.45) is 0. The first-order chi connectivity index (χ1) is 21.6. The first-order valence-corrected chi connectivity index (χ1v) is 15.4. The maximum absolute atomic E-state index is 2.42.